The molecule has 0 radical (unpaired) electrons. The summed E-state index contributed by atoms with van der Waals surface area (Å²) in [4.78, 5) is 15.2. The van der Waals surface area contributed by atoms with Crippen molar-refractivity contribution in [2.75, 3.05) is 32.8 Å². The molecule has 1 N–H and O–H groups in total. The molecule has 2 aromatic rings. The quantitative estimate of drug-likeness (QED) is 0.824. The first-order chi connectivity index (χ1) is 14.6. The third-order valence-corrected chi connectivity index (χ3v) is 6.18. The SMILES string of the molecule is Cc1ccc(OC[C@H]2COc3cc(C(=O)N[C@@H]4C[C@@H]5CCN(C5)C4)ccc3O2)cc1. The van der Waals surface area contributed by atoms with Crippen LogP contribution in [0.2, 0.25) is 0 Å². The molecule has 3 aliphatic heterocycles. The zero-order chi connectivity index (χ0) is 20.5. The predicted molar refractivity (Wildman–Crippen MR) is 113 cm³/mol. The molecule has 0 spiro atoms. The molecule has 5 rings (SSSR count). The molecule has 2 saturated heterocycles. The largest absolute Gasteiger partial charge is 0.490 e. The zero-order valence-electron chi connectivity index (χ0n) is 17.3. The minimum absolute atomic E-state index is 0.0428. The first kappa shape index (κ1) is 19.2. The van der Waals surface area contributed by atoms with Gasteiger partial charge >= 0.3 is 0 Å². The van der Waals surface area contributed by atoms with Gasteiger partial charge in [0.1, 0.15) is 19.0 Å². The Hall–Kier alpha value is -2.73. The van der Waals surface area contributed by atoms with Gasteiger partial charge in [-0.3, -0.25) is 4.79 Å². The number of fused-ring (bicyclic) bond motifs is 3. The summed E-state index contributed by atoms with van der Waals surface area (Å²) in [7, 11) is 0. The Morgan fingerprint density at radius 1 is 1.17 bits per heavy atom. The van der Waals surface area contributed by atoms with E-state index in [1.54, 1.807) is 12.1 Å². The van der Waals surface area contributed by atoms with Crippen molar-refractivity contribution < 1.29 is 19.0 Å². The number of amides is 1. The van der Waals surface area contributed by atoms with Crippen LogP contribution in [0.25, 0.3) is 0 Å². The molecule has 6 heteroatoms. The van der Waals surface area contributed by atoms with Gasteiger partial charge in [-0.1, -0.05) is 17.7 Å². The van der Waals surface area contributed by atoms with Crippen molar-refractivity contribution in [3.05, 3.63) is 53.6 Å². The van der Waals surface area contributed by atoms with Crippen LogP contribution >= 0.6 is 0 Å². The van der Waals surface area contributed by atoms with Crippen molar-refractivity contribution in [1.29, 1.82) is 0 Å². The number of nitrogens with one attached hydrogen (secondary N) is 1. The molecule has 3 heterocycles. The Balaban J connectivity index is 1.17. The maximum Gasteiger partial charge on any atom is 0.251 e. The van der Waals surface area contributed by atoms with E-state index in [1.807, 2.05) is 37.3 Å². The summed E-state index contributed by atoms with van der Waals surface area (Å²) in [6.07, 6.45) is 2.14. The standard InChI is InChI=1S/C24H28N2O4/c1-16-2-5-20(6-3-16)28-14-21-15-29-23-11-18(4-7-22(23)30-21)24(27)25-19-10-17-8-9-26(12-17)13-19/h2-7,11,17,19,21H,8-10,12-15H2,1H3,(H,25,27)/t17-,19+,21-/m0/s1. The number of hydrogen-bond donors (Lipinski definition) is 1. The molecule has 6 nitrogen and oxygen atoms in total. The number of carbonyl (C=O) groups is 1. The molecule has 0 saturated carbocycles. The van der Waals surface area contributed by atoms with Gasteiger partial charge in [-0.05, 0) is 62.6 Å². The van der Waals surface area contributed by atoms with Crippen molar-refractivity contribution in [3.63, 3.8) is 0 Å². The van der Waals surface area contributed by atoms with Gasteiger partial charge in [-0.15, -0.1) is 0 Å². The Kier molecular flexibility index (Phi) is 5.25. The van der Waals surface area contributed by atoms with E-state index in [0.29, 0.717) is 30.3 Å². The first-order valence-corrected chi connectivity index (χ1v) is 10.8. The van der Waals surface area contributed by atoms with E-state index in [2.05, 4.69) is 10.2 Å². The lowest BCUT2D eigenvalue weighted by Crippen LogP contribution is -2.47. The summed E-state index contributed by atoms with van der Waals surface area (Å²) >= 11 is 0. The second-order valence-electron chi connectivity index (χ2n) is 8.66. The van der Waals surface area contributed by atoms with Gasteiger partial charge in [0.25, 0.3) is 5.91 Å². The van der Waals surface area contributed by atoms with Crippen molar-refractivity contribution in [3.8, 4) is 17.2 Å². The van der Waals surface area contributed by atoms with Crippen LogP contribution in [0, 0.1) is 12.8 Å². The number of benzene rings is 2. The average molecular weight is 408 g/mol. The van der Waals surface area contributed by atoms with E-state index in [0.717, 1.165) is 31.2 Å². The molecule has 0 aliphatic carbocycles. The van der Waals surface area contributed by atoms with Crippen molar-refractivity contribution in [1.82, 2.24) is 10.2 Å². The Morgan fingerprint density at radius 2 is 2.03 bits per heavy atom. The molecular weight excluding hydrogens is 380 g/mol. The highest BCUT2D eigenvalue weighted by Gasteiger charge is 2.33. The second kappa shape index (κ2) is 8.19. The number of rotatable bonds is 5. The summed E-state index contributed by atoms with van der Waals surface area (Å²) in [5.41, 5.74) is 1.81. The molecule has 158 valence electrons. The number of nitrogens with zero attached hydrogens (tertiary/aromatic N) is 1. The number of carbonyl (C=O) groups excluding carboxylic acids is 1. The van der Waals surface area contributed by atoms with Gasteiger partial charge < -0.3 is 24.4 Å². The molecule has 3 aliphatic rings. The van der Waals surface area contributed by atoms with Crippen molar-refractivity contribution in [2.24, 2.45) is 5.92 Å². The summed E-state index contributed by atoms with van der Waals surface area (Å²) in [6.45, 7) is 6.15. The molecule has 1 amide bonds. The lowest BCUT2D eigenvalue weighted by atomic mass is 9.96. The van der Waals surface area contributed by atoms with Crippen LogP contribution in [-0.4, -0.2) is 55.8 Å². The minimum atomic E-state index is -0.190. The fourth-order valence-corrected chi connectivity index (χ4v) is 4.59. The smallest absolute Gasteiger partial charge is 0.251 e. The zero-order valence-corrected chi connectivity index (χ0v) is 17.3. The maximum atomic E-state index is 12.7. The van der Waals surface area contributed by atoms with Crippen LogP contribution in [-0.2, 0) is 0 Å². The highest BCUT2D eigenvalue weighted by Crippen LogP contribution is 2.33. The van der Waals surface area contributed by atoms with E-state index in [-0.39, 0.29) is 18.1 Å². The summed E-state index contributed by atoms with van der Waals surface area (Å²) in [6, 6.07) is 13.6. The summed E-state index contributed by atoms with van der Waals surface area (Å²) in [5.74, 6) is 2.76. The molecular formula is C24H28N2O4. The van der Waals surface area contributed by atoms with Crippen LogP contribution in [0.4, 0.5) is 0 Å². The van der Waals surface area contributed by atoms with E-state index >= 15 is 0 Å². The summed E-state index contributed by atoms with van der Waals surface area (Å²) < 4.78 is 17.7. The van der Waals surface area contributed by atoms with Crippen LogP contribution in [0.5, 0.6) is 17.2 Å². The average Bonchev–Trinajstić information content (AvgIpc) is 3.10. The monoisotopic (exact) mass is 408 g/mol. The molecule has 4 atom stereocenters. The van der Waals surface area contributed by atoms with E-state index in [4.69, 9.17) is 14.2 Å². The van der Waals surface area contributed by atoms with E-state index in [1.165, 1.54) is 18.5 Å². The first-order valence-electron chi connectivity index (χ1n) is 10.8. The van der Waals surface area contributed by atoms with Crippen LogP contribution in [0.3, 0.4) is 0 Å². The van der Waals surface area contributed by atoms with E-state index < -0.39 is 0 Å². The molecule has 2 bridgehead atoms. The predicted octanol–water partition coefficient (Wildman–Crippen LogP) is 3.04. The van der Waals surface area contributed by atoms with Crippen LogP contribution in [0.1, 0.15) is 28.8 Å². The lowest BCUT2D eigenvalue weighted by molar-refractivity contribution is 0.0534. The van der Waals surface area contributed by atoms with Gasteiger partial charge in [0.15, 0.2) is 17.6 Å². The summed E-state index contributed by atoms with van der Waals surface area (Å²) in [5, 5.41) is 3.20. The van der Waals surface area contributed by atoms with Gasteiger partial charge in [-0.25, -0.2) is 0 Å². The Labute approximate surface area is 177 Å². The fourth-order valence-electron chi connectivity index (χ4n) is 4.59. The third kappa shape index (κ3) is 4.24. The molecule has 2 fully saturated rings. The molecule has 0 aromatic heterocycles. The van der Waals surface area contributed by atoms with Gasteiger partial charge in [0, 0.05) is 24.7 Å². The lowest BCUT2D eigenvalue weighted by Gasteiger charge is -2.30. The normalized spacial score (nSPS) is 26.8. The number of piperidine rings is 1. The number of aryl methyl sites for hydroxylation is 1. The van der Waals surface area contributed by atoms with Gasteiger partial charge in [-0.2, -0.15) is 0 Å². The van der Waals surface area contributed by atoms with Gasteiger partial charge in [0.05, 0.1) is 0 Å². The second-order valence-corrected chi connectivity index (χ2v) is 8.66. The molecule has 2 aromatic carbocycles. The topological polar surface area (TPSA) is 60.0 Å². The molecule has 1 unspecified atom stereocenters. The highest BCUT2D eigenvalue weighted by molar-refractivity contribution is 5.95. The van der Waals surface area contributed by atoms with Crippen LogP contribution < -0.4 is 19.5 Å². The van der Waals surface area contributed by atoms with Gasteiger partial charge in [0.2, 0.25) is 0 Å². The van der Waals surface area contributed by atoms with Crippen molar-refractivity contribution in [2.45, 2.75) is 31.9 Å². The Bertz CT molecular complexity index is 902. The highest BCUT2D eigenvalue weighted by atomic mass is 16.6. The third-order valence-electron chi connectivity index (χ3n) is 6.18. The van der Waals surface area contributed by atoms with Crippen LogP contribution in [0.15, 0.2) is 42.5 Å². The maximum absolute atomic E-state index is 12.7. The Morgan fingerprint density at radius 3 is 2.87 bits per heavy atom. The molecule has 30 heavy (non-hydrogen) atoms. The van der Waals surface area contributed by atoms with Crippen molar-refractivity contribution >= 4 is 5.91 Å². The number of hydrogen-bond acceptors (Lipinski definition) is 5. The fraction of sp³-hybridized carbons (Fsp3) is 0.458. The minimum Gasteiger partial charge on any atom is -0.490 e. The van der Waals surface area contributed by atoms with E-state index in [9.17, 15) is 4.79 Å². The number of ether oxygens (including phenoxy) is 3.